The quantitative estimate of drug-likeness (QED) is 0.785. The Labute approximate surface area is 159 Å². The van der Waals surface area contributed by atoms with Gasteiger partial charge in [0.25, 0.3) is 0 Å². The predicted molar refractivity (Wildman–Crippen MR) is 103 cm³/mol. The fraction of sp³-hybridized carbons (Fsp3) is 0.476. The number of likely N-dealkylation sites (tertiary alicyclic amines) is 1. The van der Waals surface area contributed by atoms with Crippen LogP contribution in [0.2, 0.25) is 0 Å². The van der Waals surface area contributed by atoms with Crippen molar-refractivity contribution in [1.29, 1.82) is 0 Å². The highest BCUT2D eigenvalue weighted by Crippen LogP contribution is 2.26. The van der Waals surface area contributed by atoms with E-state index in [-0.39, 0.29) is 5.82 Å². The van der Waals surface area contributed by atoms with Crippen molar-refractivity contribution in [2.45, 2.75) is 50.4 Å². The van der Waals surface area contributed by atoms with Crippen LogP contribution in [-0.4, -0.2) is 41.2 Å². The van der Waals surface area contributed by atoms with E-state index < -0.39 is 0 Å². The molecule has 6 heteroatoms. The van der Waals surface area contributed by atoms with Gasteiger partial charge in [-0.25, -0.2) is 4.39 Å². The summed E-state index contributed by atoms with van der Waals surface area (Å²) in [5.41, 5.74) is 8.22. The molecule has 1 aromatic heterocycles. The maximum Gasteiger partial charge on any atom is 0.165 e. The molecule has 5 nitrogen and oxygen atoms in total. The van der Waals surface area contributed by atoms with E-state index in [0.29, 0.717) is 30.5 Å². The van der Waals surface area contributed by atoms with Gasteiger partial charge in [-0.1, -0.05) is 12.1 Å². The number of rotatable bonds is 7. The van der Waals surface area contributed by atoms with Crippen molar-refractivity contribution in [2.75, 3.05) is 13.2 Å². The highest BCUT2D eigenvalue weighted by atomic mass is 19.1. The fourth-order valence-electron chi connectivity index (χ4n) is 4.19. The average molecular weight is 370 g/mol. The van der Waals surface area contributed by atoms with Crippen LogP contribution in [0.15, 0.2) is 48.8 Å². The number of pyridine rings is 1. The Hall–Kier alpha value is -2.02. The molecular weight excluding hydrogens is 343 g/mol. The topological polar surface area (TPSA) is 49.4 Å². The zero-order valence-electron chi connectivity index (χ0n) is 15.5. The third-order valence-electron chi connectivity index (χ3n) is 5.59. The number of hydrogen-bond donors (Lipinski definition) is 2. The molecule has 0 aliphatic carbocycles. The van der Waals surface area contributed by atoms with Gasteiger partial charge in [0.15, 0.2) is 11.6 Å². The normalized spacial score (nSPS) is 25.7. The first-order valence-electron chi connectivity index (χ1n) is 9.81. The van der Waals surface area contributed by atoms with Crippen LogP contribution in [0.1, 0.15) is 31.2 Å². The van der Waals surface area contributed by atoms with Gasteiger partial charge in [0, 0.05) is 37.1 Å². The second-order valence-electron chi connectivity index (χ2n) is 7.43. The van der Waals surface area contributed by atoms with E-state index in [1.807, 2.05) is 12.4 Å². The minimum Gasteiger partial charge on any atom is -0.490 e. The van der Waals surface area contributed by atoms with Gasteiger partial charge in [-0.05, 0) is 62.1 Å². The lowest BCUT2D eigenvalue weighted by Crippen LogP contribution is -2.45. The Kier molecular flexibility index (Phi) is 5.97. The van der Waals surface area contributed by atoms with Crippen molar-refractivity contribution >= 4 is 0 Å². The van der Waals surface area contributed by atoms with Crippen LogP contribution in [0.5, 0.6) is 5.75 Å². The van der Waals surface area contributed by atoms with Crippen molar-refractivity contribution in [2.24, 2.45) is 0 Å². The van der Waals surface area contributed by atoms with E-state index in [4.69, 9.17) is 4.74 Å². The third kappa shape index (κ3) is 4.64. The van der Waals surface area contributed by atoms with Gasteiger partial charge < -0.3 is 4.74 Å². The Morgan fingerprint density at radius 1 is 1.15 bits per heavy atom. The average Bonchev–Trinajstić information content (AvgIpc) is 3.33. The van der Waals surface area contributed by atoms with Crippen molar-refractivity contribution in [3.63, 3.8) is 0 Å². The Morgan fingerprint density at radius 3 is 2.85 bits per heavy atom. The van der Waals surface area contributed by atoms with Crippen LogP contribution in [-0.2, 0) is 6.54 Å². The molecule has 3 heterocycles. The number of aromatic nitrogens is 1. The number of hydrazine groups is 1. The first-order chi connectivity index (χ1) is 13.3. The number of para-hydroxylation sites is 1. The fourth-order valence-corrected chi connectivity index (χ4v) is 4.19. The van der Waals surface area contributed by atoms with Crippen LogP contribution in [0.3, 0.4) is 0 Å². The molecular formula is C21H27FN4O. The number of hydrogen-bond acceptors (Lipinski definition) is 5. The summed E-state index contributed by atoms with van der Waals surface area (Å²) in [7, 11) is 0. The number of nitrogens with zero attached hydrogens (tertiary/aromatic N) is 2. The van der Waals surface area contributed by atoms with Gasteiger partial charge in [-0.15, -0.1) is 0 Å². The van der Waals surface area contributed by atoms with Crippen molar-refractivity contribution in [1.82, 2.24) is 20.7 Å². The number of ether oxygens (including phenoxy) is 1. The molecule has 0 saturated carbocycles. The second kappa shape index (κ2) is 8.78. The minimum atomic E-state index is -0.300. The molecule has 1 aromatic carbocycles. The SMILES string of the molecule is Fc1ccccc1OCCC1CC(C2CCCN2Cc2ccncc2)NN1. The van der Waals surface area contributed by atoms with Gasteiger partial charge in [0.05, 0.1) is 6.61 Å². The molecule has 144 valence electrons. The molecule has 0 amide bonds. The Balaban J connectivity index is 1.25. The predicted octanol–water partition coefficient (Wildman–Crippen LogP) is 2.89. The molecule has 2 aliphatic heterocycles. The standard InChI is InChI=1S/C21H27FN4O/c22-18-4-1-2-6-21(18)27-13-9-17-14-19(25-24-17)20-5-3-12-26(20)15-16-7-10-23-11-8-16/h1-2,4,6-8,10-11,17,19-20,24-25H,3,5,9,12-15H2. The largest absolute Gasteiger partial charge is 0.490 e. The molecule has 2 aliphatic rings. The maximum atomic E-state index is 13.6. The molecule has 4 rings (SSSR count). The summed E-state index contributed by atoms with van der Waals surface area (Å²) in [6.07, 6.45) is 8.12. The van der Waals surface area contributed by atoms with Crippen LogP contribution < -0.4 is 15.6 Å². The van der Waals surface area contributed by atoms with E-state index in [9.17, 15) is 4.39 Å². The van der Waals surface area contributed by atoms with Gasteiger partial charge in [0.2, 0.25) is 0 Å². The molecule has 2 saturated heterocycles. The lowest BCUT2D eigenvalue weighted by Gasteiger charge is -2.29. The molecule has 2 fully saturated rings. The summed E-state index contributed by atoms with van der Waals surface area (Å²) in [5.74, 6) is 0.0323. The summed E-state index contributed by atoms with van der Waals surface area (Å²) in [5, 5.41) is 0. The molecule has 2 aromatic rings. The number of benzene rings is 1. The van der Waals surface area contributed by atoms with E-state index in [2.05, 4.69) is 32.9 Å². The third-order valence-corrected chi connectivity index (χ3v) is 5.59. The first kappa shape index (κ1) is 18.3. The van der Waals surface area contributed by atoms with Crippen molar-refractivity contribution < 1.29 is 9.13 Å². The smallest absolute Gasteiger partial charge is 0.165 e. The maximum absolute atomic E-state index is 13.6. The van der Waals surface area contributed by atoms with Crippen LogP contribution >= 0.6 is 0 Å². The number of nitrogens with one attached hydrogen (secondary N) is 2. The monoisotopic (exact) mass is 370 g/mol. The van der Waals surface area contributed by atoms with Crippen molar-refractivity contribution in [3.8, 4) is 5.75 Å². The molecule has 0 bridgehead atoms. The van der Waals surface area contributed by atoms with Crippen molar-refractivity contribution in [3.05, 3.63) is 60.2 Å². The Bertz CT molecular complexity index is 729. The van der Waals surface area contributed by atoms with Gasteiger partial charge in [-0.3, -0.25) is 20.7 Å². The molecule has 2 N–H and O–H groups in total. The first-order valence-corrected chi connectivity index (χ1v) is 9.81. The van der Waals surface area contributed by atoms with Crippen LogP contribution in [0, 0.1) is 5.82 Å². The zero-order chi connectivity index (χ0) is 18.5. The highest BCUT2D eigenvalue weighted by molar-refractivity contribution is 5.23. The molecule has 0 spiro atoms. The van der Waals surface area contributed by atoms with E-state index in [1.165, 1.54) is 24.5 Å². The van der Waals surface area contributed by atoms with Gasteiger partial charge in [-0.2, -0.15) is 0 Å². The second-order valence-corrected chi connectivity index (χ2v) is 7.43. The summed E-state index contributed by atoms with van der Waals surface area (Å²) >= 11 is 0. The van der Waals surface area contributed by atoms with Crippen LogP contribution in [0.4, 0.5) is 4.39 Å². The van der Waals surface area contributed by atoms with Crippen LogP contribution in [0.25, 0.3) is 0 Å². The summed E-state index contributed by atoms with van der Waals surface area (Å²) in [6, 6.07) is 12.1. The summed E-state index contributed by atoms with van der Waals surface area (Å²) in [6.45, 7) is 2.64. The zero-order valence-corrected chi connectivity index (χ0v) is 15.5. The molecule has 0 radical (unpaired) electrons. The van der Waals surface area contributed by atoms with E-state index >= 15 is 0 Å². The summed E-state index contributed by atoms with van der Waals surface area (Å²) in [4.78, 5) is 6.68. The minimum absolute atomic E-state index is 0.300. The highest BCUT2D eigenvalue weighted by Gasteiger charge is 2.36. The molecule has 27 heavy (non-hydrogen) atoms. The van der Waals surface area contributed by atoms with E-state index in [1.54, 1.807) is 18.2 Å². The van der Waals surface area contributed by atoms with E-state index in [0.717, 1.165) is 25.9 Å². The molecule has 3 atom stereocenters. The Morgan fingerprint density at radius 2 is 2.00 bits per heavy atom. The molecule has 3 unspecified atom stereocenters. The summed E-state index contributed by atoms with van der Waals surface area (Å²) < 4.78 is 19.2. The lowest BCUT2D eigenvalue weighted by atomic mass is 9.99. The lowest BCUT2D eigenvalue weighted by molar-refractivity contribution is 0.203. The van der Waals surface area contributed by atoms with Gasteiger partial charge in [0.1, 0.15) is 0 Å². The van der Waals surface area contributed by atoms with Gasteiger partial charge >= 0.3 is 0 Å². The number of halogens is 1.